The number of nitriles is 1. The first-order chi connectivity index (χ1) is 10.8. The van der Waals surface area contributed by atoms with Crippen LogP contribution in [0.4, 0.5) is 11.5 Å². The zero-order chi connectivity index (χ0) is 15.8. The maximum atomic E-state index is 9.12. The fourth-order valence-electron chi connectivity index (χ4n) is 1.69. The van der Waals surface area contributed by atoms with Gasteiger partial charge in [-0.05, 0) is 24.6 Å². The molecule has 1 aromatic heterocycles. The maximum Gasteiger partial charge on any atom is 0.214 e. The zero-order valence-electron chi connectivity index (χ0n) is 12.3. The molecule has 112 valence electrons. The SMILES string of the molecule is CCC/C=C/C=N\n1c(N)c(C#N)sc1=Nc1ccccc1. The van der Waals surface area contributed by atoms with E-state index in [0.29, 0.717) is 15.5 Å². The van der Waals surface area contributed by atoms with Crippen LogP contribution in [0.3, 0.4) is 0 Å². The van der Waals surface area contributed by atoms with Gasteiger partial charge in [0.15, 0.2) is 10.7 Å². The molecule has 2 N–H and O–H groups in total. The summed E-state index contributed by atoms with van der Waals surface area (Å²) < 4.78 is 1.49. The summed E-state index contributed by atoms with van der Waals surface area (Å²) in [5.74, 6) is 0.308. The first-order valence-corrected chi connectivity index (χ1v) is 7.78. The van der Waals surface area contributed by atoms with Gasteiger partial charge in [-0.1, -0.05) is 49.0 Å². The molecule has 1 heterocycles. The van der Waals surface area contributed by atoms with E-state index in [1.54, 1.807) is 6.21 Å². The number of rotatable bonds is 5. The highest BCUT2D eigenvalue weighted by atomic mass is 32.1. The lowest BCUT2D eigenvalue weighted by molar-refractivity contribution is 0.858. The van der Waals surface area contributed by atoms with E-state index < -0.39 is 0 Å². The van der Waals surface area contributed by atoms with Crippen molar-refractivity contribution in [2.45, 2.75) is 19.8 Å². The molecule has 0 aliphatic heterocycles. The van der Waals surface area contributed by atoms with Gasteiger partial charge in [0.1, 0.15) is 6.07 Å². The minimum absolute atomic E-state index is 0.308. The second kappa shape index (κ2) is 7.96. The summed E-state index contributed by atoms with van der Waals surface area (Å²) >= 11 is 1.22. The summed E-state index contributed by atoms with van der Waals surface area (Å²) in [6, 6.07) is 11.6. The average Bonchev–Trinajstić information content (AvgIpc) is 2.84. The molecule has 2 aromatic rings. The van der Waals surface area contributed by atoms with Crippen molar-refractivity contribution in [3.8, 4) is 6.07 Å². The number of nitrogens with two attached hydrogens (primary N) is 1. The lowest BCUT2D eigenvalue weighted by Gasteiger charge is -1.96. The monoisotopic (exact) mass is 311 g/mol. The molecule has 0 radical (unpaired) electrons. The predicted molar refractivity (Wildman–Crippen MR) is 91.0 cm³/mol. The summed E-state index contributed by atoms with van der Waals surface area (Å²) in [4.78, 5) is 5.47. The molecule has 0 aliphatic rings. The van der Waals surface area contributed by atoms with Crippen molar-refractivity contribution >= 4 is 29.1 Å². The topological polar surface area (TPSA) is 79.5 Å². The quantitative estimate of drug-likeness (QED) is 0.858. The van der Waals surface area contributed by atoms with Crippen LogP contribution in [0, 0.1) is 11.3 Å². The Morgan fingerprint density at radius 1 is 1.36 bits per heavy atom. The van der Waals surface area contributed by atoms with Gasteiger partial charge in [0.05, 0.1) is 5.69 Å². The van der Waals surface area contributed by atoms with E-state index in [9.17, 15) is 0 Å². The van der Waals surface area contributed by atoms with Crippen molar-refractivity contribution in [3.63, 3.8) is 0 Å². The average molecular weight is 311 g/mol. The van der Waals surface area contributed by atoms with Crippen LogP contribution in [0.1, 0.15) is 24.6 Å². The number of nitrogens with zero attached hydrogens (tertiary/aromatic N) is 4. The van der Waals surface area contributed by atoms with E-state index in [2.05, 4.69) is 23.1 Å². The fraction of sp³-hybridized carbons (Fsp3) is 0.188. The van der Waals surface area contributed by atoms with Crippen LogP contribution in [0.15, 0.2) is 52.6 Å². The molecule has 22 heavy (non-hydrogen) atoms. The number of aromatic nitrogens is 1. The number of benzene rings is 1. The summed E-state index contributed by atoms with van der Waals surface area (Å²) in [5.41, 5.74) is 6.75. The number of hydrogen-bond acceptors (Lipinski definition) is 5. The van der Waals surface area contributed by atoms with E-state index in [0.717, 1.165) is 18.5 Å². The van der Waals surface area contributed by atoms with Gasteiger partial charge in [0, 0.05) is 6.21 Å². The first kappa shape index (κ1) is 15.7. The van der Waals surface area contributed by atoms with Gasteiger partial charge in [-0.15, -0.1) is 0 Å². The van der Waals surface area contributed by atoms with Crippen molar-refractivity contribution in [1.29, 1.82) is 5.26 Å². The van der Waals surface area contributed by atoms with Crippen molar-refractivity contribution in [2.24, 2.45) is 10.1 Å². The van der Waals surface area contributed by atoms with Crippen LogP contribution in [0.5, 0.6) is 0 Å². The molecule has 2 rings (SSSR count). The molecule has 5 nitrogen and oxygen atoms in total. The Labute approximate surface area is 133 Å². The molecule has 0 aliphatic carbocycles. The van der Waals surface area contributed by atoms with Gasteiger partial charge in [0.2, 0.25) is 4.80 Å². The molecule has 0 unspecified atom stereocenters. The summed E-state index contributed by atoms with van der Waals surface area (Å²) in [6.07, 6.45) is 7.65. The zero-order valence-corrected chi connectivity index (χ0v) is 13.1. The van der Waals surface area contributed by atoms with Gasteiger partial charge >= 0.3 is 0 Å². The molecule has 0 spiro atoms. The second-order valence-corrected chi connectivity index (χ2v) is 5.43. The maximum absolute atomic E-state index is 9.12. The van der Waals surface area contributed by atoms with Crippen molar-refractivity contribution in [3.05, 3.63) is 52.2 Å². The smallest absolute Gasteiger partial charge is 0.214 e. The normalized spacial score (nSPS) is 12.3. The highest BCUT2D eigenvalue weighted by Crippen LogP contribution is 2.15. The van der Waals surface area contributed by atoms with Crippen molar-refractivity contribution < 1.29 is 0 Å². The molecule has 0 fully saturated rings. The van der Waals surface area contributed by atoms with Crippen LogP contribution in [0.25, 0.3) is 0 Å². The molecule has 1 aromatic carbocycles. The van der Waals surface area contributed by atoms with E-state index in [1.165, 1.54) is 16.0 Å². The lowest BCUT2D eigenvalue weighted by atomic mass is 10.3. The molecule has 0 atom stereocenters. The lowest BCUT2D eigenvalue weighted by Crippen LogP contribution is -2.12. The standard InChI is InChI=1S/C16H17N5S/c1-2-3-4-8-11-19-21-15(18)14(12-17)22-16(21)20-13-9-6-5-7-10-13/h4-11H,2-3,18H2,1H3/b8-4+,19-11-,20-16?. The van der Waals surface area contributed by atoms with Crippen molar-refractivity contribution in [1.82, 2.24) is 4.68 Å². The van der Waals surface area contributed by atoms with E-state index in [-0.39, 0.29) is 0 Å². The summed E-state index contributed by atoms with van der Waals surface area (Å²) in [5, 5.41) is 13.4. The molecule has 0 saturated heterocycles. The summed E-state index contributed by atoms with van der Waals surface area (Å²) in [6.45, 7) is 2.11. The van der Waals surface area contributed by atoms with Crippen LogP contribution >= 0.6 is 11.3 Å². The minimum atomic E-state index is 0.308. The van der Waals surface area contributed by atoms with Crippen LogP contribution in [-0.2, 0) is 0 Å². The number of anilines is 1. The third-order valence-corrected chi connectivity index (χ3v) is 3.73. The molecular formula is C16H17N5S. The largest absolute Gasteiger partial charge is 0.382 e. The second-order valence-electron chi connectivity index (χ2n) is 4.45. The number of hydrogen-bond donors (Lipinski definition) is 1. The fourth-order valence-corrected chi connectivity index (χ4v) is 2.49. The Morgan fingerprint density at radius 3 is 2.82 bits per heavy atom. The van der Waals surface area contributed by atoms with Gasteiger partial charge in [-0.2, -0.15) is 15.0 Å². The molecular weight excluding hydrogens is 294 g/mol. The summed E-state index contributed by atoms with van der Waals surface area (Å²) in [7, 11) is 0. The van der Waals surface area contributed by atoms with Gasteiger partial charge in [-0.3, -0.25) is 0 Å². The van der Waals surface area contributed by atoms with E-state index in [1.807, 2.05) is 42.5 Å². The number of allylic oxidation sites excluding steroid dienone is 2. The predicted octanol–water partition coefficient (Wildman–Crippen LogP) is 3.43. The number of nitrogen functional groups attached to an aromatic ring is 1. The highest BCUT2D eigenvalue weighted by molar-refractivity contribution is 7.10. The van der Waals surface area contributed by atoms with Crippen LogP contribution in [-0.4, -0.2) is 10.9 Å². The van der Waals surface area contributed by atoms with Gasteiger partial charge < -0.3 is 5.73 Å². The third-order valence-electron chi connectivity index (χ3n) is 2.78. The number of unbranched alkanes of at least 4 members (excludes halogenated alkanes) is 1. The minimum Gasteiger partial charge on any atom is -0.382 e. The van der Waals surface area contributed by atoms with Crippen LogP contribution in [0.2, 0.25) is 0 Å². The molecule has 0 amide bonds. The van der Waals surface area contributed by atoms with Gasteiger partial charge in [0.25, 0.3) is 0 Å². The van der Waals surface area contributed by atoms with Crippen LogP contribution < -0.4 is 10.5 Å². The van der Waals surface area contributed by atoms with E-state index >= 15 is 0 Å². The Morgan fingerprint density at radius 2 is 2.14 bits per heavy atom. The first-order valence-electron chi connectivity index (χ1n) is 6.97. The number of thiazole rings is 1. The molecule has 0 saturated carbocycles. The Balaban J connectivity index is 2.42. The molecule has 0 bridgehead atoms. The Bertz CT molecular complexity index is 775. The van der Waals surface area contributed by atoms with Crippen molar-refractivity contribution in [2.75, 3.05) is 5.73 Å². The van der Waals surface area contributed by atoms with E-state index in [4.69, 9.17) is 11.0 Å². The highest BCUT2D eigenvalue weighted by Gasteiger charge is 2.09. The number of para-hydroxylation sites is 1. The third kappa shape index (κ3) is 3.93. The Kier molecular flexibility index (Phi) is 5.69. The Hall–Kier alpha value is -2.65. The van der Waals surface area contributed by atoms with Gasteiger partial charge in [-0.25, -0.2) is 4.99 Å². The molecule has 6 heteroatoms.